The van der Waals surface area contributed by atoms with Crippen molar-refractivity contribution in [2.75, 3.05) is 24.0 Å². The summed E-state index contributed by atoms with van der Waals surface area (Å²) in [6.07, 6.45) is 0. The van der Waals surface area contributed by atoms with Gasteiger partial charge in [-0.2, -0.15) is 0 Å². The number of nitrogens with zero attached hydrogens (tertiary/aromatic N) is 1. The molecule has 1 saturated heterocycles. The number of urea groups is 1. The van der Waals surface area contributed by atoms with E-state index in [2.05, 4.69) is 10.6 Å². The van der Waals surface area contributed by atoms with Crippen LogP contribution in [-0.2, 0) is 11.3 Å². The molecule has 20 heavy (non-hydrogen) atoms. The molecule has 1 aliphatic heterocycles. The largest absolute Gasteiger partial charge is 0.480 e. The molecule has 2 rings (SSSR count). The maximum absolute atomic E-state index is 12.2. The monoisotopic (exact) mass is 295 g/mol. The number of hydrogen-bond acceptors (Lipinski definition) is 4. The fourth-order valence-corrected chi connectivity index (χ4v) is 3.17. The molecule has 0 aromatic heterocycles. The summed E-state index contributed by atoms with van der Waals surface area (Å²) in [6.45, 7) is 0.633. The average molecular weight is 295 g/mol. The Morgan fingerprint density at radius 2 is 2.20 bits per heavy atom. The van der Waals surface area contributed by atoms with E-state index >= 15 is 0 Å². The SMILES string of the molecule is CNCc1ccccc1NC(=O)N1CSCC1C(=O)O. The van der Waals surface area contributed by atoms with Gasteiger partial charge < -0.3 is 20.6 Å². The summed E-state index contributed by atoms with van der Waals surface area (Å²) in [7, 11) is 1.83. The number of nitrogens with one attached hydrogen (secondary N) is 2. The van der Waals surface area contributed by atoms with Crippen LogP contribution in [0.25, 0.3) is 0 Å². The number of benzene rings is 1. The van der Waals surface area contributed by atoms with Gasteiger partial charge in [-0.1, -0.05) is 18.2 Å². The average Bonchev–Trinajstić information content (AvgIpc) is 2.91. The summed E-state index contributed by atoms with van der Waals surface area (Å²) in [5.74, 6) is -0.133. The first-order valence-corrected chi connectivity index (χ1v) is 7.39. The van der Waals surface area contributed by atoms with Gasteiger partial charge in [-0.15, -0.1) is 11.8 Å². The van der Waals surface area contributed by atoms with E-state index in [0.717, 1.165) is 5.56 Å². The van der Waals surface area contributed by atoms with Crippen molar-refractivity contribution in [3.05, 3.63) is 29.8 Å². The first-order chi connectivity index (χ1) is 9.63. The Hall–Kier alpha value is -1.73. The number of carbonyl (C=O) groups excluding carboxylic acids is 1. The molecule has 6 nitrogen and oxygen atoms in total. The number of carboxylic acids is 1. The Labute approximate surface area is 121 Å². The zero-order valence-electron chi connectivity index (χ0n) is 11.1. The van der Waals surface area contributed by atoms with Crippen LogP contribution in [0.1, 0.15) is 5.56 Å². The molecule has 1 heterocycles. The lowest BCUT2D eigenvalue weighted by Crippen LogP contribution is -2.44. The fourth-order valence-electron chi connectivity index (χ4n) is 2.02. The van der Waals surface area contributed by atoms with Crippen LogP contribution in [0.4, 0.5) is 10.5 Å². The minimum absolute atomic E-state index is 0.369. The van der Waals surface area contributed by atoms with Crippen LogP contribution in [0.3, 0.4) is 0 Å². The Kier molecular flexibility index (Phi) is 4.86. The number of aliphatic carboxylic acids is 1. The molecule has 0 aliphatic carbocycles. The number of anilines is 1. The Balaban J connectivity index is 2.10. The van der Waals surface area contributed by atoms with Crippen molar-refractivity contribution in [2.45, 2.75) is 12.6 Å². The highest BCUT2D eigenvalue weighted by Crippen LogP contribution is 2.23. The standard InChI is InChI=1S/C13H17N3O3S/c1-14-6-9-4-2-3-5-10(9)15-13(19)16-8-20-7-11(16)12(17)18/h2-5,11,14H,6-8H2,1H3,(H,15,19)(H,17,18). The Morgan fingerprint density at radius 1 is 1.45 bits per heavy atom. The van der Waals surface area contributed by atoms with E-state index in [9.17, 15) is 9.59 Å². The zero-order valence-corrected chi connectivity index (χ0v) is 11.9. The van der Waals surface area contributed by atoms with Crippen LogP contribution in [0.15, 0.2) is 24.3 Å². The van der Waals surface area contributed by atoms with Crippen LogP contribution >= 0.6 is 11.8 Å². The first-order valence-electron chi connectivity index (χ1n) is 6.24. The second-order valence-electron chi connectivity index (χ2n) is 4.44. The number of carboxylic acid groups (broad SMARTS) is 1. The van der Waals surface area contributed by atoms with E-state index in [-0.39, 0.29) is 6.03 Å². The predicted octanol–water partition coefficient (Wildman–Crippen LogP) is 1.40. The summed E-state index contributed by atoms with van der Waals surface area (Å²) in [6, 6.07) is 6.33. The lowest BCUT2D eigenvalue weighted by atomic mass is 10.2. The normalized spacial score (nSPS) is 18.1. The minimum atomic E-state index is -0.964. The van der Waals surface area contributed by atoms with Crippen molar-refractivity contribution < 1.29 is 14.7 Å². The molecule has 108 valence electrons. The summed E-state index contributed by atoms with van der Waals surface area (Å²) in [4.78, 5) is 24.6. The van der Waals surface area contributed by atoms with Crippen molar-refractivity contribution in [2.24, 2.45) is 0 Å². The predicted molar refractivity (Wildman–Crippen MR) is 78.8 cm³/mol. The van der Waals surface area contributed by atoms with Gasteiger partial charge in [0.2, 0.25) is 0 Å². The highest BCUT2D eigenvalue weighted by Gasteiger charge is 2.34. The van der Waals surface area contributed by atoms with Crippen molar-refractivity contribution in [1.82, 2.24) is 10.2 Å². The second-order valence-corrected chi connectivity index (χ2v) is 5.44. The van der Waals surface area contributed by atoms with Crippen molar-refractivity contribution in [1.29, 1.82) is 0 Å². The van der Waals surface area contributed by atoms with E-state index < -0.39 is 12.0 Å². The topological polar surface area (TPSA) is 81.7 Å². The molecule has 7 heteroatoms. The summed E-state index contributed by atoms with van der Waals surface area (Å²) in [5, 5.41) is 14.9. The summed E-state index contributed by atoms with van der Waals surface area (Å²) < 4.78 is 0. The molecule has 1 fully saturated rings. The maximum atomic E-state index is 12.2. The second kappa shape index (κ2) is 6.62. The van der Waals surface area contributed by atoms with Gasteiger partial charge in [-0.05, 0) is 18.7 Å². The third-order valence-electron chi connectivity index (χ3n) is 3.05. The molecule has 1 atom stereocenters. The highest BCUT2D eigenvalue weighted by atomic mass is 32.2. The van der Waals surface area contributed by atoms with E-state index in [1.807, 2.05) is 31.3 Å². The van der Waals surface area contributed by atoms with Gasteiger partial charge in [0.15, 0.2) is 0 Å². The van der Waals surface area contributed by atoms with E-state index in [4.69, 9.17) is 5.11 Å². The Morgan fingerprint density at radius 3 is 2.90 bits per heavy atom. The van der Waals surface area contributed by atoms with Gasteiger partial charge >= 0.3 is 12.0 Å². The Bertz CT molecular complexity index is 509. The van der Waals surface area contributed by atoms with Crippen molar-refractivity contribution >= 4 is 29.4 Å². The smallest absolute Gasteiger partial charge is 0.327 e. The lowest BCUT2D eigenvalue weighted by molar-refractivity contribution is -0.140. The molecule has 0 radical (unpaired) electrons. The lowest BCUT2D eigenvalue weighted by Gasteiger charge is -2.21. The fraction of sp³-hybridized carbons (Fsp3) is 0.385. The molecule has 2 amide bonds. The van der Waals surface area contributed by atoms with Gasteiger partial charge in [0, 0.05) is 18.0 Å². The van der Waals surface area contributed by atoms with Gasteiger partial charge in [-0.3, -0.25) is 0 Å². The molecule has 1 aromatic carbocycles. The van der Waals surface area contributed by atoms with E-state index in [1.54, 1.807) is 0 Å². The molecular weight excluding hydrogens is 278 g/mol. The molecule has 0 spiro atoms. The molecule has 1 unspecified atom stereocenters. The van der Waals surface area contributed by atoms with E-state index in [0.29, 0.717) is 23.9 Å². The van der Waals surface area contributed by atoms with Crippen molar-refractivity contribution in [3.63, 3.8) is 0 Å². The number of rotatable bonds is 4. The molecule has 0 saturated carbocycles. The first kappa shape index (κ1) is 14.7. The number of carbonyl (C=O) groups is 2. The van der Waals surface area contributed by atoms with Crippen LogP contribution in [0.5, 0.6) is 0 Å². The molecule has 3 N–H and O–H groups in total. The molecule has 0 bridgehead atoms. The summed E-state index contributed by atoms with van der Waals surface area (Å²) >= 11 is 1.44. The minimum Gasteiger partial charge on any atom is -0.480 e. The van der Waals surface area contributed by atoms with Gasteiger partial charge in [0.05, 0.1) is 5.88 Å². The van der Waals surface area contributed by atoms with Gasteiger partial charge in [0.1, 0.15) is 6.04 Å². The number of hydrogen-bond donors (Lipinski definition) is 3. The van der Waals surface area contributed by atoms with E-state index in [1.165, 1.54) is 16.7 Å². The van der Waals surface area contributed by atoms with Crippen LogP contribution in [-0.4, -0.2) is 46.7 Å². The quantitative estimate of drug-likeness (QED) is 0.782. The number of amides is 2. The number of thioether (sulfide) groups is 1. The zero-order chi connectivity index (χ0) is 14.5. The number of para-hydroxylation sites is 1. The van der Waals surface area contributed by atoms with Crippen molar-refractivity contribution in [3.8, 4) is 0 Å². The molecule has 1 aliphatic rings. The maximum Gasteiger partial charge on any atom is 0.327 e. The highest BCUT2D eigenvalue weighted by molar-refractivity contribution is 7.99. The summed E-state index contributed by atoms with van der Waals surface area (Å²) in [5.41, 5.74) is 1.66. The van der Waals surface area contributed by atoms with Gasteiger partial charge in [0.25, 0.3) is 0 Å². The molecule has 1 aromatic rings. The van der Waals surface area contributed by atoms with Gasteiger partial charge in [-0.25, -0.2) is 9.59 Å². The van der Waals surface area contributed by atoms with Crippen LogP contribution < -0.4 is 10.6 Å². The van der Waals surface area contributed by atoms with Crippen LogP contribution in [0, 0.1) is 0 Å². The molecular formula is C13H17N3O3S. The third-order valence-corrected chi connectivity index (χ3v) is 4.07. The third kappa shape index (κ3) is 3.23. The van der Waals surface area contributed by atoms with Crippen LogP contribution in [0.2, 0.25) is 0 Å².